The van der Waals surface area contributed by atoms with E-state index < -0.39 is 106 Å². The molecule has 408 valence electrons. The van der Waals surface area contributed by atoms with Gasteiger partial charge in [-0.2, -0.15) is 0 Å². The first-order chi connectivity index (χ1) is 34.0. The Morgan fingerprint density at radius 2 is 1.60 bits per heavy atom. The summed E-state index contributed by atoms with van der Waals surface area (Å²) in [6.45, 7) is 11.6. The second kappa shape index (κ2) is 28.4. The third-order valence-corrected chi connectivity index (χ3v) is 16.9. The molecule has 4 N–H and O–H groups in total. The smallest absolute Gasteiger partial charge is 0.329 e. The van der Waals surface area contributed by atoms with Crippen LogP contribution in [-0.4, -0.2) is 163 Å². The quantitative estimate of drug-likeness (QED) is 0.121. The van der Waals surface area contributed by atoms with Crippen LogP contribution in [0.3, 0.4) is 0 Å². The van der Waals surface area contributed by atoms with Gasteiger partial charge in [-0.25, -0.2) is 13.2 Å². The highest BCUT2D eigenvalue weighted by atomic mass is 32.2. The number of Topliss-reactive ketones (excluding diaryl/α,β-unsaturated/α-hetero) is 3. The minimum atomic E-state index is -3.62. The predicted molar refractivity (Wildman–Crippen MR) is 270 cm³/mol. The molecule has 1 aliphatic carbocycles. The molecule has 3 heterocycles. The Morgan fingerprint density at radius 1 is 0.875 bits per heavy atom. The zero-order valence-corrected chi connectivity index (χ0v) is 44.9. The summed E-state index contributed by atoms with van der Waals surface area (Å²) in [6, 6.07) is -1.21. The second-order valence-electron chi connectivity index (χ2n) is 21.1. The number of aliphatic hydroxyl groups is 4. The number of hydrogen-bond donors (Lipinski definition) is 4. The van der Waals surface area contributed by atoms with Crippen molar-refractivity contribution in [1.82, 2.24) is 4.90 Å². The van der Waals surface area contributed by atoms with Gasteiger partial charge in [0.1, 0.15) is 30.1 Å². The summed E-state index contributed by atoms with van der Waals surface area (Å²) in [5.74, 6) is -9.57. The number of methoxy groups -OCH3 is 2. The molecule has 3 aliphatic heterocycles. The van der Waals surface area contributed by atoms with E-state index in [0.717, 1.165) is 4.90 Å². The van der Waals surface area contributed by atoms with E-state index in [0.29, 0.717) is 62.5 Å². The fourth-order valence-corrected chi connectivity index (χ4v) is 11.4. The van der Waals surface area contributed by atoms with Crippen molar-refractivity contribution < 1.29 is 76.5 Å². The summed E-state index contributed by atoms with van der Waals surface area (Å²) < 4.78 is 54.7. The van der Waals surface area contributed by atoms with E-state index in [1.165, 1.54) is 7.11 Å². The fourth-order valence-electron chi connectivity index (χ4n) is 10.6. The maximum atomic E-state index is 14.5. The second-order valence-corrected chi connectivity index (χ2v) is 23.4. The van der Waals surface area contributed by atoms with E-state index in [-0.39, 0.29) is 80.0 Å². The van der Waals surface area contributed by atoms with Crippen LogP contribution in [0.2, 0.25) is 0 Å². The van der Waals surface area contributed by atoms with Gasteiger partial charge in [0.25, 0.3) is 11.7 Å². The lowest BCUT2D eigenvalue weighted by molar-refractivity contribution is -0.266. The number of ether oxygens (including phenoxy) is 5. The van der Waals surface area contributed by atoms with E-state index >= 15 is 0 Å². The monoisotopic (exact) mass is 1040 g/mol. The van der Waals surface area contributed by atoms with Gasteiger partial charge in [-0.05, 0) is 107 Å². The molecule has 0 aromatic carbocycles. The van der Waals surface area contributed by atoms with Crippen molar-refractivity contribution in [3.8, 4) is 0 Å². The molecule has 15 atom stereocenters. The third kappa shape index (κ3) is 17.0. The predicted octanol–water partition coefficient (Wildman–Crippen LogP) is 4.96. The molecule has 0 radical (unpaired) electrons. The van der Waals surface area contributed by atoms with Crippen LogP contribution >= 0.6 is 0 Å². The Hall–Kier alpha value is -3.46. The number of allylic oxidation sites excluding steroid dienone is 6. The van der Waals surface area contributed by atoms with Gasteiger partial charge in [-0.1, -0.05) is 71.1 Å². The molecule has 3 fully saturated rings. The molecule has 2 saturated heterocycles. The lowest BCUT2D eigenvalue weighted by Gasteiger charge is -2.43. The Labute approximate surface area is 427 Å². The molecule has 0 spiro atoms. The lowest BCUT2D eigenvalue weighted by atomic mass is 9.78. The summed E-state index contributed by atoms with van der Waals surface area (Å²) in [7, 11) is -0.721. The van der Waals surface area contributed by atoms with Gasteiger partial charge in [-0.15, -0.1) is 0 Å². The summed E-state index contributed by atoms with van der Waals surface area (Å²) in [6.07, 6.45) is 9.06. The van der Waals surface area contributed by atoms with Gasteiger partial charge in [-0.3, -0.25) is 19.2 Å². The van der Waals surface area contributed by atoms with E-state index in [4.69, 9.17) is 23.7 Å². The van der Waals surface area contributed by atoms with E-state index in [2.05, 4.69) is 0 Å². The van der Waals surface area contributed by atoms with Crippen molar-refractivity contribution in [1.29, 1.82) is 0 Å². The summed E-state index contributed by atoms with van der Waals surface area (Å²) >= 11 is 0. The largest absolute Gasteiger partial charge is 0.460 e. The first kappa shape index (κ1) is 61.1. The van der Waals surface area contributed by atoms with Crippen LogP contribution in [0.5, 0.6) is 0 Å². The maximum Gasteiger partial charge on any atom is 0.329 e. The molecule has 17 nitrogen and oxygen atoms in total. The normalized spacial score (nSPS) is 37.9. The Kier molecular flexibility index (Phi) is 24.1. The molecule has 72 heavy (non-hydrogen) atoms. The highest BCUT2D eigenvalue weighted by Gasteiger charge is 2.53. The number of ketones is 3. The zero-order chi connectivity index (χ0) is 53.5. The molecular formula is C54H85NO16S. The number of hydrogen-bond acceptors (Lipinski definition) is 16. The number of esters is 1. The molecule has 18 heteroatoms. The number of carbonyl (C=O) groups is 5. The maximum absolute atomic E-state index is 14.5. The average Bonchev–Trinajstić information content (AvgIpc) is 3.33. The van der Waals surface area contributed by atoms with Crippen LogP contribution in [-0.2, 0) is 57.5 Å². The van der Waals surface area contributed by atoms with Gasteiger partial charge in [0.15, 0.2) is 15.6 Å². The average molecular weight is 1040 g/mol. The topological polar surface area (TPSA) is 250 Å². The molecule has 4 aliphatic rings. The number of fused-ring (bicyclic) bond motifs is 3. The number of sulfone groups is 1. The van der Waals surface area contributed by atoms with E-state index in [9.17, 15) is 52.8 Å². The molecule has 0 aromatic rings. The number of piperidine rings is 1. The van der Waals surface area contributed by atoms with Gasteiger partial charge >= 0.3 is 5.97 Å². The number of cyclic esters (lactones) is 1. The van der Waals surface area contributed by atoms with Crippen molar-refractivity contribution in [2.24, 2.45) is 35.5 Å². The standard InChI is InChI=1S/C54H85NO16S/c1-33-15-11-10-12-16-34(2)45(69-24-26-72(65,66)25-23-56)31-41-20-18-39(7)54(64,71-41)51(61)52(62)55-22-14-13-17-42(55)53(63)70-46(36(4)29-40-19-21-43(57)47(30-40)67-8)32-44(58)35(3)28-38(6)49(60)50(68-9)48(59)37(5)27-33/h10-12,15-16,28,33,35-37,39-43,45-47,49-50,56-57,60,64H,13-14,17-27,29-32H2,1-9H3/b12-10+,15-11+,34-16+,38-28+/t33-,35-,36-,37-,39-,40+,41+,42+,43-,45+,46+,47-,49-,50+,54-/m1/s1. The highest BCUT2D eigenvalue weighted by molar-refractivity contribution is 7.91. The molecule has 1 saturated carbocycles. The number of nitrogens with zero attached hydrogens (tertiary/aromatic N) is 1. The van der Waals surface area contributed by atoms with Crippen LogP contribution < -0.4 is 0 Å². The van der Waals surface area contributed by atoms with Gasteiger partial charge in [0.2, 0.25) is 5.79 Å². The molecule has 0 aromatic heterocycles. The van der Waals surface area contributed by atoms with Crippen molar-refractivity contribution in [3.05, 3.63) is 47.6 Å². The number of aliphatic hydroxyl groups excluding tert-OH is 3. The number of rotatable bonds is 11. The first-order valence-electron chi connectivity index (χ1n) is 26.0. The van der Waals surface area contributed by atoms with Crippen LogP contribution in [0.25, 0.3) is 0 Å². The Balaban J connectivity index is 1.73. The van der Waals surface area contributed by atoms with Crippen LogP contribution in [0.15, 0.2) is 47.6 Å². The Bertz CT molecular complexity index is 2070. The van der Waals surface area contributed by atoms with E-state index in [1.807, 2.05) is 26.0 Å². The number of carbonyl (C=O) groups excluding carboxylic acids is 5. The van der Waals surface area contributed by atoms with Crippen molar-refractivity contribution in [2.45, 2.75) is 180 Å². The SMILES string of the molecule is CO[C@@H]1C[C@H](C[C@@H](C)[C@@H]2CC(=O)[C@H](C)/C=C(\C)[C@@H](O)[C@@H](OC)C(=O)[C@H](C)C[C@H](C)/C=C/C=C/C=C(\C)[C@@H](OCCS(=O)(=O)CCO)C[C@@H]3CC[C@@H](C)[C@@](O)(O3)C(=O)C(=O)N3CCCC[C@H]3C(=O)O2)CC[C@H]1O. The molecule has 4 rings (SSSR count). The van der Waals surface area contributed by atoms with Crippen LogP contribution in [0.4, 0.5) is 0 Å². The molecular weight excluding hydrogens is 951 g/mol. The summed E-state index contributed by atoms with van der Waals surface area (Å²) in [4.78, 5) is 72.3. The van der Waals surface area contributed by atoms with Crippen molar-refractivity contribution in [2.75, 3.05) is 45.5 Å². The van der Waals surface area contributed by atoms with Gasteiger partial charge in [0.05, 0.1) is 49.1 Å². The summed E-state index contributed by atoms with van der Waals surface area (Å²) in [5.41, 5.74) is 1.03. The van der Waals surface area contributed by atoms with Crippen LogP contribution in [0.1, 0.15) is 126 Å². The van der Waals surface area contributed by atoms with Crippen LogP contribution in [0, 0.1) is 35.5 Å². The molecule has 1 amide bonds. The lowest BCUT2D eigenvalue weighted by Crippen LogP contribution is -2.61. The summed E-state index contributed by atoms with van der Waals surface area (Å²) in [5, 5.41) is 43.3. The van der Waals surface area contributed by atoms with Crippen molar-refractivity contribution in [3.63, 3.8) is 0 Å². The number of amides is 1. The van der Waals surface area contributed by atoms with Crippen molar-refractivity contribution >= 4 is 39.1 Å². The minimum Gasteiger partial charge on any atom is -0.460 e. The first-order valence-corrected chi connectivity index (χ1v) is 27.9. The van der Waals surface area contributed by atoms with Gasteiger partial charge in [0, 0.05) is 51.4 Å². The third-order valence-electron chi connectivity index (χ3n) is 15.3. The highest BCUT2D eigenvalue weighted by Crippen LogP contribution is 2.38. The van der Waals surface area contributed by atoms with Gasteiger partial charge < -0.3 is 49.0 Å². The molecule has 0 unspecified atom stereocenters. The molecule has 2 bridgehead atoms. The Morgan fingerprint density at radius 3 is 2.28 bits per heavy atom. The fraction of sp³-hybridized carbons (Fsp3) is 0.759. The zero-order valence-electron chi connectivity index (χ0n) is 44.1. The van der Waals surface area contributed by atoms with E-state index in [1.54, 1.807) is 66.0 Å². The minimum absolute atomic E-state index is 0.0219.